The molecule has 3 heteroatoms. The molecule has 2 rings (SSSR count). The topological polar surface area (TPSA) is 24.9 Å². The lowest BCUT2D eigenvalue weighted by Gasteiger charge is -2.22. The molecule has 1 aromatic heterocycles. The molecule has 1 atom stereocenters. The Labute approximate surface area is 89.5 Å². The Kier molecular flexibility index (Phi) is 3.83. The summed E-state index contributed by atoms with van der Waals surface area (Å²) in [5.41, 5.74) is 0. The molecule has 0 radical (unpaired) electrons. The van der Waals surface area contributed by atoms with E-state index >= 15 is 0 Å². The number of hydrogen-bond acceptors (Lipinski definition) is 3. The van der Waals surface area contributed by atoms with Crippen LogP contribution < -0.4 is 5.32 Å². The van der Waals surface area contributed by atoms with E-state index in [-0.39, 0.29) is 0 Å². The third-order valence-corrected chi connectivity index (χ3v) is 3.69. The molecule has 1 aliphatic rings. The highest BCUT2D eigenvalue weighted by Gasteiger charge is 2.12. The molecular formula is C11H16N2S. The Bertz CT molecular complexity index is 257. The Morgan fingerprint density at radius 3 is 2.93 bits per heavy atom. The fraction of sp³-hybridized carbons (Fsp3) is 0.545. The minimum Gasteiger partial charge on any atom is -0.313 e. The van der Waals surface area contributed by atoms with Gasteiger partial charge in [-0.2, -0.15) is 0 Å². The van der Waals surface area contributed by atoms with Crippen molar-refractivity contribution in [1.82, 2.24) is 10.3 Å². The molecule has 0 saturated carbocycles. The van der Waals surface area contributed by atoms with Crippen LogP contribution in [-0.4, -0.2) is 23.3 Å². The van der Waals surface area contributed by atoms with Crippen molar-refractivity contribution in [2.75, 3.05) is 12.3 Å². The highest BCUT2D eigenvalue weighted by atomic mass is 32.2. The first-order chi connectivity index (χ1) is 6.95. The Balaban J connectivity index is 1.76. The standard InChI is InChI=1S/C11H16N2S/c1-2-6-13-10(3-1)9-14-11-4-7-12-8-5-11/h4-5,7-8,10,13H,1-3,6,9H2/t10-/m0/s1. The molecule has 2 heterocycles. The van der Waals surface area contributed by atoms with Crippen molar-refractivity contribution in [2.45, 2.75) is 30.2 Å². The van der Waals surface area contributed by atoms with Crippen LogP contribution in [0.15, 0.2) is 29.4 Å². The fourth-order valence-electron chi connectivity index (χ4n) is 1.70. The van der Waals surface area contributed by atoms with E-state index < -0.39 is 0 Å². The average Bonchev–Trinajstić information content (AvgIpc) is 2.29. The van der Waals surface area contributed by atoms with E-state index in [0.29, 0.717) is 6.04 Å². The monoisotopic (exact) mass is 208 g/mol. The van der Waals surface area contributed by atoms with Gasteiger partial charge in [-0.3, -0.25) is 4.98 Å². The van der Waals surface area contributed by atoms with E-state index in [2.05, 4.69) is 22.4 Å². The van der Waals surface area contributed by atoms with E-state index in [0.717, 1.165) is 0 Å². The SMILES string of the molecule is c1cc(SC[C@@H]2CCCCN2)ccn1. The van der Waals surface area contributed by atoms with Gasteiger partial charge in [0.05, 0.1) is 0 Å². The van der Waals surface area contributed by atoms with Crippen LogP contribution in [0.5, 0.6) is 0 Å². The number of rotatable bonds is 3. The summed E-state index contributed by atoms with van der Waals surface area (Å²) in [6.45, 7) is 1.20. The lowest BCUT2D eigenvalue weighted by molar-refractivity contribution is 0.430. The van der Waals surface area contributed by atoms with E-state index in [9.17, 15) is 0 Å². The van der Waals surface area contributed by atoms with Gasteiger partial charge in [0, 0.05) is 29.1 Å². The van der Waals surface area contributed by atoms with Crippen LogP contribution >= 0.6 is 11.8 Å². The zero-order valence-electron chi connectivity index (χ0n) is 8.28. The van der Waals surface area contributed by atoms with Gasteiger partial charge in [0.15, 0.2) is 0 Å². The normalized spacial score (nSPS) is 22.1. The number of hydrogen-bond donors (Lipinski definition) is 1. The van der Waals surface area contributed by atoms with E-state index in [4.69, 9.17) is 0 Å². The number of piperidine rings is 1. The molecule has 0 bridgehead atoms. The third kappa shape index (κ3) is 3.00. The van der Waals surface area contributed by atoms with Gasteiger partial charge >= 0.3 is 0 Å². The number of nitrogens with zero attached hydrogens (tertiary/aromatic N) is 1. The molecule has 0 aliphatic carbocycles. The number of nitrogens with one attached hydrogen (secondary N) is 1. The molecule has 0 aromatic carbocycles. The van der Waals surface area contributed by atoms with Crippen LogP contribution in [0.4, 0.5) is 0 Å². The fourth-order valence-corrected chi connectivity index (χ4v) is 2.69. The zero-order valence-corrected chi connectivity index (χ0v) is 9.09. The molecule has 1 aliphatic heterocycles. The Morgan fingerprint density at radius 1 is 1.36 bits per heavy atom. The molecule has 2 nitrogen and oxygen atoms in total. The number of thioether (sulfide) groups is 1. The summed E-state index contributed by atoms with van der Waals surface area (Å²) in [7, 11) is 0. The maximum atomic E-state index is 4.01. The first-order valence-corrected chi connectivity index (χ1v) is 6.20. The van der Waals surface area contributed by atoms with Crippen molar-refractivity contribution >= 4 is 11.8 Å². The van der Waals surface area contributed by atoms with Gasteiger partial charge in [0.1, 0.15) is 0 Å². The van der Waals surface area contributed by atoms with Gasteiger partial charge in [-0.25, -0.2) is 0 Å². The maximum absolute atomic E-state index is 4.01. The van der Waals surface area contributed by atoms with Gasteiger partial charge < -0.3 is 5.32 Å². The predicted octanol–water partition coefficient (Wildman–Crippen LogP) is 2.32. The lowest BCUT2D eigenvalue weighted by Crippen LogP contribution is -2.35. The molecular weight excluding hydrogens is 192 g/mol. The van der Waals surface area contributed by atoms with Crippen molar-refractivity contribution in [3.8, 4) is 0 Å². The van der Waals surface area contributed by atoms with Crippen LogP contribution in [0.3, 0.4) is 0 Å². The molecule has 0 spiro atoms. The van der Waals surface area contributed by atoms with Crippen molar-refractivity contribution < 1.29 is 0 Å². The first kappa shape index (κ1) is 9.99. The maximum Gasteiger partial charge on any atom is 0.0278 e. The summed E-state index contributed by atoms with van der Waals surface area (Å²) in [5.74, 6) is 1.18. The summed E-state index contributed by atoms with van der Waals surface area (Å²) in [6, 6.07) is 4.86. The quantitative estimate of drug-likeness (QED) is 0.772. The molecule has 0 unspecified atom stereocenters. The Morgan fingerprint density at radius 2 is 2.21 bits per heavy atom. The smallest absolute Gasteiger partial charge is 0.0278 e. The predicted molar refractivity (Wildman–Crippen MR) is 60.6 cm³/mol. The van der Waals surface area contributed by atoms with E-state index in [1.54, 1.807) is 0 Å². The lowest BCUT2D eigenvalue weighted by atomic mass is 10.1. The van der Waals surface area contributed by atoms with Gasteiger partial charge in [-0.05, 0) is 31.5 Å². The average molecular weight is 208 g/mol. The van der Waals surface area contributed by atoms with Crippen LogP contribution in [0.25, 0.3) is 0 Å². The number of pyridine rings is 1. The molecule has 1 fully saturated rings. The molecule has 76 valence electrons. The second-order valence-corrected chi connectivity index (χ2v) is 4.73. The third-order valence-electron chi connectivity index (χ3n) is 2.51. The zero-order chi connectivity index (χ0) is 9.64. The van der Waals surface area contributed by atoms with Gasteiger partial charge in [0.2, 0.25) is 0 Å². The molecule has 1 saturated heterocycles. The van der Waals surface area contributed by atoms with Crippen molar-refractivity contribution in [2.24, 2.45) is 0 Å². The summed E-state index contributed by atoms with van der Waals surface area (Å²) in [6.07, 6.45) is 7.77. The second kappa shape index (κ2) is 5.37. The van der Waals surface area contributed by atoms with Crippen LogP contribution in [0.1, 0.15) is 19.3 Å². The van der Waals surface area contributed by atoms with E-state index in [1.165, 1.54) is 36.5 Å². The first-order valence-electron chi connectivity index (χ1n) is 5.21. The van der Waals surface area contributed by atoms with Crippen molar-refractivity contribution in [3.05, 3.63) is 24.5 Å². The van der Waals surface area contributed by atoms with Gasteiger partial charge in [-0.1, -0.05) is 6.42 Å². The minimum atomic E-state index is 0.710. The molecule has 1 N–H and O–H groups in total. The van der Waals surface area contributed by atoms with E-state index in [1.807, 2.05) is 24.2 Å². The minimum absolute atomic E-state index is 0.710. The highest BCUT2D eigenvalue weighted by Crippen LogP contribution is 2.20. The van der Waals surface area contributed by atoms with Crippen molar-refractivity contribution in [1.29, 1.82) is 0 Å². The van der Waals surface area contributed by atoms with Crippen LogP contribution in [-0.2, 0) is 0 Å². The summed E-state index contributed by atoms with van der Waals surface area (Å²) >= 11 is 1.92. The highest BCUT2D eigenvalue weighted by molar-refractivity contribution is 7.99. The van der Waals surface area contributed by atoms with Gasteiger partial charge in [0.25, 0.3) is 0 Å². The van der Waals surface area contributed by atoms with Crippen molar-refractivity contribution in [3.63, 3.8) is 0 Å². The largest absolute Gasteiger partial charge is 0.313 e. The second-order valence-electron chi connectivity index (χ2n) is 3.64. The molecule has 14 heavy (non-hydrogen) atoms. The summed E-state index contributed by atoms with van der Waals surface area (Å²) in [4.78, 5) is 5.34. The van der Waals surface area contributed by atoms with Crippen LogP contribution in [0, 0.1) is 0 Å². The van der Waals surface area contributed by atoms with Crippen LogP contribution in [0.2, 0.25) is 0 Å². The molecule has 1 aromatic rings. The number of aromatic nitrogens is 1. The Hall–Kier alpha value is -0.540. The van der Waals surface area contributed by atoms with Gasteiger partial charge in [-0.15, -0.1) is 11.8 Å². The molecule has 0 amide bonds. The summed E-state index contributed by atoms with van der Waals surface area (Å²) in [5, 5.41) is 3.55. The summed E-state index contributed by atoms with van der Waals surface area (Å²) < 4.78 is 0.